The maximum absolute atomic E-state index is 11.4. The van der Waals surface area contributed by atoms with Crippen LogP contribution in [-0.2, 0) is 4.79 Å². The summed E-state index contributed by atoms with van der Waals surface area (Å²) in [6.45, 7) is 0. The molecule has 1 aromatic heterocycles. The predicted molar refractivity (Wildman–Crippen MR) is 86.0 cm³/mol. The highest BCUT2D eigenvalue weighted by Gasteiger charge is 2.11. The minimum Gasteiger partial charge on any atom is -0.436 e. The Morgan fingerprint density at radius 3 is 2.91 bits per heavy atom. The molecule has 22 heavy (non-hydrogen) atoms. The van der Waals surface area contributed by atoms with E-state index in [2.05, 4.69) is 26.2 Å². The van der Waals surface area contributed by atoms with Gasteiger partial charge in [-0.2, -0.15) is 5.26 Å². The van der Waals surface area contributed by atoms with Crippen molar-refractivity contribution in [1.82, 2.24) is 4.98 Å². The lowest BCUT2D eigenvalue weighted by Gasteiger charge is -2.00. The van der Waals surface area contributed by atoms with Crippen LogP contribution in [0.1, 0.15) is 6.42 Å². The summed E-state index contributed by atoms with van der Waals surface area (Å²) in [7, 11) is 0. The molecule has 5 nitrogen and oxygen atoms in total. The number of hydrogen-bond acceptors (Lipinski definition) is 4. The largest absolute Gasteiger partial charge is 0.436 e. The van der Waals surface area contributed by atoms with Gasteiger partial charge in [0.25, 0.3) is 0 Å². The molecule has 1 amide bonds. The number of carbonyl (C=O) groups is 1. The molecule has 108 valence electrons. The molecule has 3 rings (SSSR count). The van der Waals surface area contributed by atoms with Gasteiger partial charge >= 0.3 is 0 Å². The Morgan fingerprint density at radius 1 is 1.32 bits per heavy atom. The molecule has 3 aromatic rings. The number of oxazole rings is 1. The van der Waals surface area contributed by atoms with Gasteiger partial charge in [-0.1, -0.05) is 12.1 Å². The number of nitrogens with zero attached hydrogens (tertiary/aromatic N) is 2. The van der Waals surface area contributed by atoms with Gasteiger partial charge in [-0.15, -0.1) is 0 Å². The van der Waals surface area contributed by atoms with Gasteiger partial charge in [-0.25, -0.2) is 4.98 Å². The van der Waals surface area contributed by atoms with Gasteiger partial charge in [-0.3, -0.25) is 4.79 Å². The molecule has 0 bridgehead atoms. The Hall–Kier alpha value is -2.65. The summed E-state index contributed by atoms with van der Waals surface area (Å²) in [4.78, 5) is 15.9. The van der Waals surface area contributed by atoms with Gasteiger partial charge < -0.3 is 9.73 Å². The van der Waals surface area contributed by atoms with Crippen molar-refractivity contribution < 1.29 is 9.21 Å². The van der Waals surface area contributed by atoms with Crippen LogP contribution in [0.5, 0.6) is 0 Å². The zero-order valence-electron chi connectivity index (χ0n) is 11.3. The molecule has 1 heterocycles. The van der Waals surface area contributed by atoms with E-state index < -0.39 is 0 Å². The summed E-state index contributed by atoms with van der Waals surface area (Å²) in [5.41, 5.74) is 2.71. The number of rotatable bonds is 3. The first-order valence-electron chi connectivity index (χ1n) is 6.49. The van der Waals surface area contributed by atoms with Crippen molar-refractivity contribution in [2.75, 3.05) is 5.32 Å². The Balaban J connectivity index is 1.96. The number of nitriles is 1. The fourth-order valence-electron chi connectivity index (χ4n) is 2.03. The third-order valence-corrected chi connectivity index (χ3v) is 3.71. The van der Waals surface area contributed by atoms with Crippen LogP contribution in [-0.4, -0.2) is 10.9 Å². The van der Waals surface area contributed by atoms with Crippen LogP contribution in [0.4, 0.5) is 5.69 Å². The van der Waals surface area contributed by atoms with E-state index in [1.807, 2.05) is 24.3 Å². The average molecular weight is 356 g/mol. The lowest BCUT2D eigenvalue weighted by Crippen LogP contribution is -2.09. The maximum atomic E-state index is 11.4. The third-order valence-electron chi connectivity index (χ3n) is 3.02. The van der Waals surface area contributed by atoms with Gasteiger partial charge in [0.1, 0.15) is 11.9 Å². The molecular formula is C16H10BrN3O2. The van der Waals surface area contributed by atoms with E-state index in [1.165, 1.54) is 0 Å². The molecule has 0 saturated carbocycles. The van der Waals surface area contributed by atoms with E-state index in [1.54, 1.807) is 24.3 Å². The van der Waals surface area contributed by atoms with Crippen LogP contribution in [0.25, 0.3) is 22.6 Å². The lowest BCUT2D eigenvalue weighted by atomic mass is 10.2. The maximum Gasteiger partial charge on any atom is 0.238 e. The van der Waals surface area contributed by atoms with Crippen molar-refractivity contribution in [1.29, 1.82) is 5.26 Å². The Bertz CT molecular complexity index is 896. The second-order valence-corrected chi connectivity index (χ2v) is 5.42. The molecule has 6 heteroatoms. The molecule has 0 atom stereocenters. The number of halogens is 1. The van der Waals surface area contributed by atoms with Crippen molar-refractivity contribution in [3.05, 3.63) is 46.9 Å². The van der Waals surface area contributed by atoms with E-state index >= 15 is 0 Å². The van der Waals surface area contributed by atoms with Crippen LogP contribution in [0.3, 0.4) is 0 Å². The SMILES string of the molecule is N#CCC(=O)Nc1ccc2oc(-c3ccccc3Br)nc2c1. The summed E-state index contributed by atoms with van der Waals surface area (Å²) in [5.74, 6) is 0.152. The highest BCUT2D eigenvalue weighted by molar-refractivity contribution is 9.10. The highest BCUT2D eigenvalue weighted by Crippen LogP contribution is 2.30. The summed E-state index contributed by atoms with van der Waals surface area (Å²) in [6, 6.07) is 14.6. The topological polar surface area (TPSA) is 78.9 Å². The lowest BCUT2D eigenvalue weighted by molar-refractivity contribution is -0.115. The number of carbonyl (C=O) groups excluding carboxylic acids is 1. The van der Waals surface area contributed by atoms with Gasteiger partial charge in [-0.05, 0) is 46.3 Å². The molecule has 0 aliphatic rings. The molecule has 0 aliphatic heterocycles. The average Bonchev–Trinajstić information content (AvgIpc) is 2.90. The van der Waals surface area contributed by atoms with Crippen LogP contribution < -0.4 is 5.32 Å². The number of aromatic nitrogens is 1. The van der Waals surface area contributed by atoms with E-state index in [0.29, 0.717) is 22.7 Å². The normalized spacial score (nSPS) is 10.4. The summed E-state index contributed by atoms with van der Waals surface area (Å²) >= 11 is 3.47. The number of nitrogens with one attached hydrogen (secondary N) is 1. The van der Waals surface area contributed by atoms with Crippen molar-refractivity contribution in [3.8, 4) is 17.5 Å². The van der Waals surface area contributed by atoms with Crippen molar-refractivity contribution in [2.45, 2.75) is 6.42 Å². The van der Waals surface area contributed by atoms with Crippen molar-refractivity contribution in [3.63, 3.8) is 0 Å². The van der Waals surface area contributed by atoms with Crippen LogP contribution in [0.2, 0.25) is 0 Å². The van der Waals surface area contributed by atoms with E-state index in [9.17, 15) is 4.79 Å². The third kappa shape index (κ3) is 2.85. The van der Waals surface area contributed by atoms with Gasteiger partial charge in [0, 0.05) is 10.2 Å². The molecule has 0 spiro atoms. The van der Waals surface area contributed by atoms with Crippen LogP contribution in [0, 0.1) is 11.3 Å². The van der Waals surface area contributed by atoms with Gasteiger partial charge in [0.2, 0.25) is 11.8 Å². The van der Waals surface area contributed by atoms with Crippen molar-refractivity contribution in [2.24, 2.45) is 0 Å². The first-order chi connectivity index (χ1) is 10.7. The smallest absolute Gasteiger partial charge is 0.238 e. The molecule has 2 aromatic carbocycles. The zero-order valence-corrected chi connectivity index (χ0v) is 12.9. The number of hydrogen-bond donors (Lipinski definition) is 1. The molecule has 0 radical (unpaired) electrons. The fourth-order valence-corrected chi connectivity index (χ4v) is 2.49. The minimum atomic E-state index is -0.351. The number of amides is 1. The number of anilines is 1. The summed E-state index contributed by atoms with van der Waals surface area (Å²) < 4.78 is 6.63. The summed E-state index contributed by atoms with van der Waals surface area (Å²) in [6.07, 6.45) is -0.181. The van der Waals surface area contributed by atoms with E-state index in [4.69, 9.17) is 9.68 Å². The van der Waals surface area contributed by atoms with E-state index in [-0.39, 0.29) is 12.3 Å². The first-order valence-corrected chi connectivity index (χ1v) is 7.29. The number of fused-ring (bicyclic) bond motifs is 1. The standard InChI is InChI=1S/C16H10BrN3O2/c17-12-4-2-1-3-11(12)16-20-13-9-10(5-6-14(13)22-16)19-15(21)7-8-18/h1-6,9H,7H2,(H,19,21). The molecule has 0 aliphatic carbocycles. The predicted octanol–water partition coefficient (Wildman–Crippen LogP) is 4.11. The Labute approximate surface area is 134 Å². The second kappa shape index (κ2) is 6.00. The molecular weight excluding hydrogens is 346 g/mol. The van der Waals surface area contributed by atoms with Gasteiger partial charge in [0.05, 0.1) is 11.6 Å². The fraction of sp³-hybridized carbons (Fsp3) is 0.0625. The highest BCUT2D eigenvalue weighted by atomic mass is 79.9. The second-order valence-electron chi connectivity index (χ2n) is 4.56. The first kappa shape index (κ1) is 14.3. The monoisotopic (exact) mass is 355 g/mol. The van der Waals surface area contributed by atoms with E-state index in [0.717, 1.165) is 10.0 Å². The molecule has 1 N–H and O–H groups in total. The minimum absolute atomic E-state index is 0.181. The summed E-state index contributed by atoms with van der Waals surface area (Å²) in [5, 5.41) is 11.1. The zero-order chi connectivity index (χ0) is 15.5. The Kier molecular flexibility index (Phi) is 3.90. The van der Waals surface area contributed by atoms with Gasteiger partial charge in [0.15, 0.2) is 5.58 Å². The molecule has 0 saturated heterocycles. The Morgan fingerprint density at radius 2 is 2.14 bits per heavy atom. The quantitative estimate of drug-likeness (QED) is 0.766. The van der Waals surface area contributed by atoms with Crippen LogP contribution in [0.15, 0.2) is 51.4 Å². The van der Waals surface area contributed by atoms with Crippen molar-refractivity contribution >= 4 is 38.6 Å². The number of benzene rings is 2. The van der Waals surface area contributed by atoms with Crippen LogP contribution >= 0.6 is 15.9 Å². The molecule has 0 unspecified atom stereocenters. The molecule has 0 fully saturated rings.